The molecule has 0 aliphatic heterocycles. The Labute approximate surface area is 192 Å². The molecule has 9 N–H and O–H groups in total. The second kappa shape index (κ2) is 26.5. The first-order valence-corrected chi connectivity index (χ1v) is 8.58. The Hall–Kier alpha value is -4.57. The van der Waals surface area contributed by atoms with Crippen LogP contribution in [0.25, 0.3) is 0 Å². The molecule has 0 saturated carbocycles. The minimum absolute atomic E-state index is 0.0143. The first-order chi connectivity index (χ1) is 15.4. The van der Waals surface area contributed by atoms with Crippen molar-refractivity contribution >= 4 is 54.4 Å². The van der Waals surface area contributed by atoms with Crippen molar-refractivity contribution in [3.8, 4) is 0 Å². The Morgan fingerprint density at radius 2 is 1.03 bits per heavy atom. The molecule has 196 valence electrons. The fourth-order valence-corrected chi connectivity index (χ4v) is 1.00. The predicted molar refractivity (Wildman–Crippen MR) is 110 cm³/mol. The van der Waals surface area contributed by atoms with Crippen LogP contribution in [-0.4, -0.2) is 93.0 Å². The fourth-order valence-electron chi connectivity index (χ4n) is 1.00. The van der Waals surface area contributed by atoms with Gasteiger partial charge in [0.1, 0.15) is 13.2 Å². The van der Waals surface area contributed by atoms with E-state index < -0.39 is 48.1 Å². The highest BCUT2D eigenvalue weighted by atomic mass is 16.4. The summed E-state index contributed by atoms with van der Waals surface area (Å²) in [6.45, 7) is 5.66. The monoisotopic (exact) mass is 499 g/mol. The molecule has 0 rings (SSSR count). The first kappa shape index (κ1) is 39.9. The van der Waals surface area contributed by atoms with Gasteiger partial charge in [0, 0.05) is 33.9 Å². The second-order valence-electron chi connectivity index (χ2n) is 5.37. The predicted octanol–water partition coefficient (Wildman–Crippen LogP) is -2.64. The molecule has 34 heavy (non-hydrogen) atoms. The quantitative estimate of drug-likeness (QED) is 0.150. The molecule has 0 unspecified atom stereocenters. The lowest BCUT2D eigenvalue weighted by Crippen LogP contribution is -2.36. The van der Waals surface area contributed by atoms with Crippen molar-refractivity contribution in [1.29, 1.82) is 0 Å². The molecule has 0 heterocycles. The Morgan fingerprint density at radius 1 is 0.706 bits per heavy atom. The zero-order valence-corrected chi connectivity index (χ0v) is 18.6. The lowest BCUT2D eigenvalue weighted by Gasteiger charge is -2.06. The summed E-state index contributed by atoms with van der Waals surface area (Å²) in [7, 11) is 0. The Balaban J connectivity index is -0.000000113. The van der Waals surface area contributed by atoms with Gasteiger partial charge in [0.05, 0.1) is 6.42 Å². The van der Waals surface area contributed by atoms with Gasteiger partial charge in [0.15, 0.2) is 5.92 Å². The van der Waals surface area contributed by atoms with E-state index in [4.69, 9.17) is 30.3 Å². The maximum Gasteiger partial charge on any atom is 0.319 e. The van der Waals surface area contributed by atoms with Crippen LogP contribution in [0.3, 0.4) is 0 Å². The number of rotatable bonds is 9. The molecule has 0 atom stereocenters. The fraction of sp³-hybridized carbons (Fsp3) is 0.471. The minimum Gasteiger partial charge on any atom is -0.481 e. The summed E-state index contributed by atoms with van der Waals surface area (Å²) in [6, 6.07) is 0. The van der Waals surface area contributed by atoms with E-state index in [9.17, 15) is 38.4 Å². The SMILES string of the molecule is C=O.CC(=O)NCC(C(=O)O)C(=O)O.CC(=O)NCCC(=O)O.CC(N)=O.O=C(O)CC(=O)O. The summed E-state index contributed by atoms with van der Waals surface area (Å²) in [5, 5.41) is 44.6. The maximum absolute atomic E-state index is 10.3. The van der Waals surface area contributed by atoms with Crippen molar-refractivity contribution in [2.24, 2.45) is 11.7 Å². The van der Waals surface area contributed by atoms with Gasteiger partial charge in [-0.1, -0.05) is 0 Å². The van der Waals surface area contributed by atoms with E-state index >= 15 is 0 Å². The standard InChI is InChI=1S/C6H9NO5.C5H9NO3.C3H4O4.C2H5NO.CH2O/c1-3(8)7-2-4(5(9)10)6(11)12;1-4(7)6-3-2-5(8)9;4-2(5)1-3(6)7;1-2(3)4;1-2/h4H,2H2,1H3,(H,7,8)(H,9,10)(H,11,12);2-3H2,1H3,(H,6,7)(H,8,9);1H2,(H,4,5)(H,6,7);1H3,(H2,3,4);1H2. The van der Waals surface area contributed by atoms with Crippen molar-refractivity contribution in [2.45, 2.75) is 33.6 Å². The molecule has 0 bridgehead atoms. The maximum atomic E-state index is 10.3. The lowest BCUT2D eigenvalue weighted by molar-refractivity contribution is -0.154. The van der Waals surface area contributed by atoms with E-state index in [0.29, 0.717) is 0 Å². The summed E-state index contributed by atoms with van der Waals surface area (Å²) >= 11 is 0. The highest BCUT2D eigenvalue weighted by molar-refractivity contribution is 5.93. The van der Waals surface area contributed by atoms with Gasteiger partial charge < -0.3 is 46.7 Å². The van der Waals surface area contributed by atoms with Gasteiger partial charge >= 0.3 is 29.8 Å². The van der Waals surface area contributed by atoms with Crippen LogP contribution in [0, 0.1) is 5.92 Å². The van der Waals surface area contributed by atoms with Gasteiger partial charge in [0.25, 0.3) is 0 Å². The third kappa shape index (κ3) is 56.4. The molecular weight excluding hydrogens is 470 g/mol. The summed E-state index contributed by atoms with van der Waals surface area (Å²) in [5.41, 5.74) is 4.47. The van der Waals surface area contributed by atoms with E-state index in [1.165, 1.54) is 20.8 Å². The van der Waals surface area contributed by atoms with Gasteiger partial charge in [-0.05, 0) is 0 Å². The third-order valence-electron chi connectivity index (χ3n) is 2.17. The molecule has 0 spiro atoms. The molecule has 17 heteroatoms. The number of nitrogens with two attached hydrogens (primary N) is 1. The highest BCUT2D eigenvalue weighted by Gasteiger charge is 2.25. The van der Waals surface area contributed by atoms with Crippen LogP contribution in [-0.2, 0) is 43.2 Å². The van der Waals surface area contributed by atoms with E-state index in [-0.39, 0.29) is 31.3 Å². The smallest absolute Gasteiger partial charge is 0.319 e. The summed E-state index contributed by atoms with van der Waals surface area (Å²) in [5.74, 6) is -9.01. The molecule has 0 aliphatic rings. The Kier molecular flexibility index (Phi) is 31.0. The van der Waals surface area contributed by atoms with Gasteiger partial charge in [-0.2, -0.15) is 0 Å². The number of carboxylic acids is 5. The van der Waals surface area contributed by atoms with Crippen molar-refractivity contribution in [1.82, 2.24) is 10.6 Å². The molecule has 0 radical (unpaired) electrons. The largest absolute Gasteiger partial charge is 0.481 e. The van der Waals surface area contributed by atoms with E-state index in [0.717, 1.165) is 0 Å². The Bertz CT molecular complexity index is 649. The number of primary amides is 1. The van der Waals surface area contributed by atoms with Crippen LogP contribution in [0.4, 0.5) is 0 Å². The minimum atomic E-state index is -1.58. The number of hydrogen-bond acceptors (Lipinski definition) is 9. The number of aliphatic carboxylic acids is 5. The van der Waals surface area contributed by atoms with Gasteiger partial charge in [-0.3, -0.25) is 38.4 Å². The van der Waals surface area contributed by atoms with Crippen molar-refractivity contribution in [2.75, 3.05) is 13.1 Å². The van der Waals surface area contributed by atoms with Crippen LogP contribution < -0.4 is 16.4 Å². The van der Waals surface area contributed by atoms with Crippen LogP contribution >= 0.6 is 0 Å². The molecule has 17 nitrogen and oxygen atoms in total. The molecule has 0 saturated heterocycles. The average molecular weight is 499 g/mol. The van der Waals surface area contributed by atoms with E-state index in [2.05, 4.69) is 16.4 Å². The number of carbonyl (C=O) groups excluding carboxylic acids is 4. The van der Waals surface area contributed by atoms with E-state index in [1.54, 1.807) is 0 Å². The van der Waals surface area contributed by atoms with Crippen molar-refractivity contribution < 1.29 is 68.7 Å². The molecular formula is C17H29N3O14. The van der Waals surface area contributed by atoms with Crippen LogP contribution in [0.5, 0.6) is 0 Å². The topological polar surface area (TPSA) is 305 Å². The second-order valence-corrected chi connectivity index (χ2v) is 5.37. The normalized spacial score (nSPS) is 8.12. The molecule has 0 aromatic rings. The molecule has 0 aromatic carbocycles. The third-order valence-corrected chi connectivity index (χ3v) is 2.17. The summed E-state index contributed by atoms with van der Waals surface area (Å²) in [6.07, 6.45) is -0.820. The molecule has 0 aromatic heterocycles. The Morgan fingerprint density at radius 3 is 1.21 bits per heavy atom. The van der Waals surface area contributed by atoms with Crippen molar-refractivity contribution in [3.05, 3.63) is 0 Å². The van der Waals surface area contributed by atoms with Gasteiger partial charge in [-0.15, -0.1) is 0 Å². The van der Waals surface area contributed by atoms with Crippen LogP contribution in [0.2, 0.25) is 0 Å². The van der Waals surface area contributed by atoms with Crippen molar-refractivity contribution in [3.63, 3.8) is 0 Å². The van der Waals surface area contributed by atoms with Crippen LogP contribution in [0.1, 0.15) is 33.6 Å². The van der Waals surface area contributed by atoms with Gasteiger partial charge in [-0.25, -0.2) is 0 Å². The first-order valence-electron chi connectivity index (χ1n) is 8.58. The lowest BCUT2D eigenvalue weighted by atomic mass is 10.1. The summed E-state index contributed by atoms with van der Waals surface area (Å²) < 4.78 is 0. The number of amides is 3. The number of nitrogens with one attached hydrogen (secondary N) is 2. The number of carboxylic acid groups (broad SMARTS) is 5. The number of carbonyl (C=O) groups is 9. The van der Waals surface area contributed by atoms with Crippen LogP contribution in [0.15, 0.2) is 0 Å². The molecule has 0 aliphatic carbocycles. The zero-order valence-electron chi connectivity index (χ0n) is 18.6. The molecule has 0 fully saturated rings. The van der Waals surface area contributed by atoms with E-state index in [1.807, 2.05) is 6.79 Å². The number of hydrogen-bond donors (Lipinski definition) is 8. The summed E-state index contributed by atoms with van der Waals surface area (Å²) in [4.78, 5) is 86.8. The average Bonchev–Trinajstić information content (AvgIpc) is 2.61. The van der Waals surface area contributed by atoms with Gasteiger partial charge in [0.2, 0.25) is 17.7 Å². The zero-order chi connectivity index (χ0) is 28.4. The molecule has 3 amide bonds. The highest BCUT2D eigenvalue weighted by Crippen LogP contribution is 1.94.